The van der Waals surface area contributed by atoms with Crippen molar-refractivity contribution >= 4 is 17.7 Å². The van der Waals surface area contributed by atoms with E-state index in [0.29, 0.717) is 17.5 Å². The highest BCUT2D eigenvalue weighted by Crippen LogP contribution is 2.35. The first kappa shape index (κ1) is 29.0. The number of likely N-dealkylation sites (tertiary alicyclic amines) is 2. The van der Waals surface area contributed by atoms with Gasteiger partial charge in [-0.25, -0.2) is 0 Å². The number of nitrogens with zero attached hydrogens (tertiary/aromatic N) is 3. The molecule has 5 rings (SSSR count). The van der Waals surface area contributed by atoms with E-state index in [1.54, 1.807) is 6.20 Å². The molecule has 0 bridgehead atoms. The highest BCUT2D eigenvalue weighted by atomic mass is 19.4. The van der Waals surface area contributed by atoms with Crippen LogP contribution < -0.4 is 10.6 Å². The number of aromatic nitrogens is 1. The maximum atomic E-state index is 12.9. The summed E-state index contributed by atoms with van der Waals surface area (Å²) in [7, 11) is 0. The van der Waals surface area contributed by atoms with Crippen molar-refractivity contribution in [2.45, 2.75) is 69.1 Å². The van der Waals surface area contributed by atoms with E-state index >= 15 is 0 Å². The van der Waals surface area contributed by atoms with Gasteiger partial charge in [0.05, 0.1) is 17.7 Å². The summed E-state index contributed by atoms with van der Waals surface area (Å²) in [6.07, 6.45) is 4.23. The lowest BCUT2D eigenvalue weighted by molar-refractivity contribution is -0.137. The summed E-state index contributed by atoms with van der Waals surface area (Å²) in [5.41, 5.74) is 0.648. The van der Waals surface area contributed by atoms with E-state index in [-0.39, 0.29) is 30.0 Å². The van der Waals surface area contributed by atoms with E-state index in [0.717, 1.165) is 89.0 Å². The van der Waals surface area contributed by atoms with Crippen molar-refractivity contribution in [2.24, 2.45) is 0 Å². The van der Waals surface area contributed by atoms with Crippen LogP contribution in [0.1, 0.15) is 82.8 Å². The summed E-state index contributed by atoms with van der Waals surface area (Å²) in [6, 6.07) is 8.44. The predicted octanol–water partition coefficient (Wildman–Crippen LogP) is 3.98. The monoisotopic (exact) mass is 571 g/mol. The molecule has 0 unspecified atom stereocenters. The number of pyridine rings is 1. The predicted molar refractivity (Wildman–Crippen MR) is 146 cm³/mol. The largest absolute Gasteiger partial charge is 0.416 e. The van der Waals surface area contributed by atoms with Gasteiger partial charge < -0.3 is 15.5 Å². The van der Waals surface area contributed by atoms with Crippen molar-refractivity contribution in [3.8, 4) is 0 Å². The number of halogens is 3. The summed E-state index contributed by atoms with van der Waals surface area (Å²) in [6.45, 7) is 2.96. The molecule has 1 aliphatic carbocycles. The molecule has 1 saturated carbocycles. The van der Waals surface area contributed by atoms with Crippen LogP contribution in [0.25, 0.3) is 0 Å². The Kier molecular flexibility index (Phi) is 8.91. The molecule has 2 saturated heterocycles. The standard InChI is InChI=1S/C30H36F3N5O3/c31-30(32,33)23-5-3-4-21(16-23)28(40)35-18-27(39)36-24-12-15-38(19-24)25-9-6-20(7-10-25)26-11-8-22(17-34-26)29(41)37-13-1-2-14-37/h3-5,8,11,16-17,20,24-25H,1-2,6-7,9-10,12-15,18-19H2,(H,35,40)(H,36,39)/t20?,24-,25?/m1/s1. The number of rotatable bonds is 7. The van der Waals surface area contributed by atoms with Crippen molar-refractivity contribution in [2.75, 3.05) is 32.7 Å². The Bertz CT molecular complexity index is 1240. The number of amides is 3. The lowest BCUT2D eigenvalue weighted by Gasteiger charge is -2.34. The van der Waals surface area contributed by atoms with Crippen molar-refractivity contribution in [3.63, 3.8) is 0 Å². The average molecular weight is 572 g/mol. The van der Waals surface area contributed by atoms with Gasteiger partial charge in [0.25, 0.3) is 11.8 Å². The summed E-state index contributed by atoms with van der Waals surface area (Å²) < 4.78 is 38.7. The van der Waals surface area contributed by atoms with Crippen LogP contribution in [0.3, 0.4) is 0 Å². The number of carbonyl (C=O) groups excluding carboxylic acids is 3. The Morgan fingerprint density at radius 2 is 1.68 bits per heavy atom. The Morgan fingerprint density at radius 3 is 2.37 bits per heavy atom. The number of benzene rings is 1. The van der Waals surface area contributed by atoms with E-state index in [9.17, 15) is 27.6 Å². The van der Waals surface area contributed by atoms with E-state index in [4.69, 9.17) is 0 Å². The maximum Gasteiger partial charge on any atom is 0.416 e. The Balaban J connectivity index is 1.03. The van der Waals surface area contributed by atoms with Crippen LogP contribution in [0.4, 0.5) is 13.2 Å². The molecule has 41 heavy (non-hydrogen) atoms. The molecule has 3 fully saturated rings. The molecule has 3 aliphatic rings. The molecule has 3 heterocycles. The first-order valence-corrected chi connectivity index (χ1v) is 14.4. The summed E-state index contributed by atoms with van der Waals surface area (Å²) >= 11 is 0. The maximum absolute atomic E-state index is 12.9. The van der Waals surface area contributed by atoms with E-state index in [2.05, 4.69) is 20.5 Å². The van der Waals surface area contributed by atoms with Crippen LogP contribution in [-0.2, 0) is 11.0 Å². The first-order valence-electron chi connectivity index (χ1n) is 14.4. The zero-order valence-electron chi connectivity index (χ0n) is 23.0. The fraction of sp³-hybridized carbons (Fsp3) is 0.533. The van der Waals surface area contributed by atoms with Gasteiger partial charge in [0, 0.05) is 61.6 Å². The zero-order chi connectivity index (χ0) is 29.0. The van der Waals surface area contributed by atoms with Crippen LogP contribution in [0.15, 0.2) is 42.6 Å². The quantitative estimate of drug-likeness (QED) is 0.525. The van der Waals surface area contributed by atoms with Crippen LogP contribution >= 0.6 is 0 Å². The molecule has 2 N–H and O–H groups in total. The lowest BCUT2D eigenvalue weighted by atomic mass is 9.83. The van der Waals surface area contributed by atoms with Crippen LogP contribution in [0, 0.1) is 0 Å². The second-order valence-corrected chi connectivity index (χ2v) is 11.3. The van der Waals surface area contributed by atoms with Gasteiger partial charge >= 0.3 is 6.18 Å². The molecule has 1 aromatic carbocycles. The molecule has 220 valence electrons. The van der Waals surface area contributed by atoms with Crippen LogP contribution in [0.2, 0.25) is 0 Å². The van der Waals surface area contributed by atoms with Crippen molar-refractivity contribution in [1.82, 2.24) is 25.4 Å². The van der Waals surface area contributed by atoms with Gasteiger partial charge in [0.15, 0.2) is 0 Å². The molecule has 3 amide bonds. The highest BCUT2D eigenvalue weighted by molar-refractivity contribution is 5.96. The second kappa shape index (κ2) is 12.6. The van der Waals surface area contributed by atoms with Gasteiger partial charge in [-0.1, -0.05) is 6.07 Å². The zero-order valence-corrected chi connectivity index (χ0v) is 23.0. The molecule has 0 radical (unpaired) electrons. The molecule has 11 heteroatoms. The third kappa shape index (κ3) is 7.25. The SMILES string of the molecule is O=C(CNC(=O)c1cccc(C(F)(F)F)c1)N[C@@H]1CCN(C2CCC(c3ccc(C(=O)N4CCCC4)cn3)CC2)C1. The minimum atomic E-state index is -4.54. The van der Waals surface area contributed by atoms with Gasteiger partial charge in [-0.05, 0) is 75.3 Å². The Hall–Kier alpha value is -3.47. The summed E-state index contributed by atoms with van der Waals surface area (Å²) in [5, 5.41) is 5.35. The van der Waals surface area contributed by atoms with Crippen LogP contribution in [0.5, 0.6) is 0 Å². The first-order chi connectivity index (χ1) is 19.7. The van der Waals surface area contributed by atoms with Crippen molar-refractivity contribution in [1.29, 1.82) is 0 Å². The Morgan fingerprint density at radius 1 is 0.927 bits per heavy atom. The van der Waals surface area contributed by atoms with Crippen molar-refractivity contribution < 1.29 is 27.6 Å². The summed E-state index contributed by atoms with van der Waals surface area (Å²) in [5.74, 6) is -0.642. The number of hydrogen-bond acceptors (Lipinski definition) is 5. The molecule has 8 nitrogen and oxygen atoms in total. The summed E-state index contributed by atoms with van der Waals surface area (Å²) in [4.78, 5) is 46.2. The van der Waals surface area contributed by atoms with Gasteiger partial charge in [0.2, 0.25) is 5.91 Å². The number of alkyl halides is 3. The highest BCUT2D eigenvalue weighted by Gasteiger charge is 2.33. The number of hydrogen-bond donors (Lipinski definition) is 2. The molecule has 2 aromatic rings. The van der Waals surface area contributed by atoms with E-state index in [1.807, 2.05) is 17.0 Å². The minimum absolute atomic E-state index is 0.0342. The van der Waals surface area contributed by atoms with Gasteiger partial charge in [-0.15, -0.1) is 0 Å². The fourth-order valence-corrected chi connectivity index (χ4v) is 6.23. The van der Waals surface area contributed by atoms with Gasteiger partial charge in [-0.2, -0.15) is 13.2 Å². The molecular weight excluding hydrogens is 535 g/mol. The van der Waals surface area contributed by atoms with Gasteiger partial charge in [0.1, 0.15) is 0 Å². The molecule has 1 aromatic heterocycles. The molecule has 0 spiro atoms. The lowest BCUT2D eigenvalue weighted by Crippen LogP contribution is -2.44. The number of nitrogens with one attached hydrogen (secondary N) is 2. The Labute approximate surface area is 237 Å². The van der Waals surface area contributed by atoms with E-state index < -0.39 is 17.6 Å². The fourth-order valence-electron chi connectivity index (χ4n) is 6.23. The third-order valence-corrected chi connectivity index (χ3v) is 8.50. The molecule has 2 aliphatic heterocycles. The number of carbonyl (C=O) groups is 3. The van der Waals surface area contributed by atoms with Crippen LogP contribution in [-0.4, -0.2) is 77.3 Å². The third-order valence-electron chi connectivity index (χ3n) is 8.50. The average Bonchev–Trinajstić information content (AvgIpc) is 3.68. The van der Waals surface area contributed by atoms with Gasteiger partial charge in [-0.3, -0.25) is 24.3 Å². The van der Waals surface area contributed by atoms with Crippen molar-refractivity contribution in [3.05, 3.63) is 65.0 Å². The minimum Gasteiger partial charge on any atom is -0.350 e. The van der Waals surface area contributed by atoms with E-state index in [1.165, 1.54) is 12.1 Å². The normalized spacial score (nSPS) is 23.4. The molecule has 1 atom stereocenters. The smallest absolute Gasteiger partial charge is 0.350 e. The molecular formula is C30H36F3N5O3. The second-order valence-electron chi connectivity index (χ2n) is 11.3. The topological polar surface area (TPSA) is 94.6 Å².